The van der Waals surface area contributed by atoms with Crippen molar-refractivity contribution < 1.29 is 27.4 Å². The number of H-pyrrole nitrogens is 1. The van der Waals surface area contributed by atoms with Crippen molar-refractivity contribution in [3.05, 3.63) is 40.1 Å². The number of nitrogens with one attached hydrogen (secondary N) is 2. The summed E-state index contributed by atoms with van der Waals surface area (Å²) in [6, 6.07) is 4.44. The summed E-state index contributed by atoms with van der Waals surface area (Å²) in [5.74, 6) is 1.04. The van der Waals surface area contributed by atoms with E-state index in [1.54, 1.807) is 47.6 Å². The Labute approximate surface area is 226 Å². The first-order valence-corrected chi connectivity index (χ1v) is 14.1. The van der Waals surface area contributed by atoms with Gasteiger partial charge in [-0.2, -0.15) is 4.31 Å². The van der Waals surface area contributed by atoms with Crippen LogP contribution >= 0.6 is 0 Å². The maximum absolute atomic E-state index is 13.7. The molecule has 0 bridgehead atoms. The number of nitrogens with zero attached hydrogens (tertiary/aromatic N) is 4. The van der Waals surface area contributed by atoms with E-state index in [2.05, 4.69) is 20.4 Å². The number of imidazole rings is 1. The van der Waals surface area contributed by atoms with Gasteiger partial charge in [0.15, 0.2) is 11.3 Å². The van der Waals surface area contributed by atoms with Crippen molar-refractivity contribution in [1.82, 2.24) is 29.2 Å². The SMILES string of the molecule is CCOc1ccc(S(=O)(=O)N2CCOC(CNC(=O)OC(C)(C)C)C2)cc1-c1nn2c(C)nc(C)c2c(=O)[nH]1. The molecule has 4 rings (SSSR count). The molecule has 1 atom stereocenters. The number of benzene rings is 1. The van der Waals surface area contributed by atoms with Crippen molar-refractivity contribution >= 4 is 21.6 Å². The van der Waals surface area contributed by atoms with E-state index in [1.807, 2.05) is 0 Å². The summed E-state index contributed by atoms with van der Waals surface area (Å²) in [4.78, 5) is 31.9. The molecule has 39 heavy (non-hydrogen) atoms. The van der Waals surface area contributed by atoms with Crippen LogP contribution in [0.15, 0.2) is 27.9 Å². The molecule has 2 N–H and O–H groups in total. The molecule has 0 aliphatic carbocycles. The molecule has 0 saturated carbocycles. The molecule has 1 saturated heterocycles. The highest BCUT2D eigenvalue weighted by Gasteiger charge is 2.32. The average Bonchev–Trinajstić information content (AvgIpc) is 3.15. The van der Waals surface area contributed by atoms with Crippen LogP contribution in [0.2, 0.25) is 0 Å². The van der Waals surface area contributed by atoms with Crippen LogP contribution in [0.4, 0.5) is 4.79 Å². The number of alkyl carbamates (subject to hydrolysis) is 1. The number of carbonyl (C=O) groups is 1. The first kappa shape index (κ1) is 28.5. The van der Waals surface area contributed by atoms with Crippen LogP contribution in [0.1, 0.15) is 39.2 Å². The highest BCUT2D eigenvalue weighted by molar-refractivity contribution is 7.89. The molecular formula is C25H34N6O7S. The number of amides is 1. The van der Waals surface area contributed by atoms with Crippen LogP contribution in [-0.4, -0.2) is 83.0 Å². The molecule has 1 aliphatic rings. The van der Waals surface area contributed by atoms with Crippen molar-refractivity contribution in [2.24, 2.45) is 0 Å². The second-order valence-electron chi connectivity index (χ2n) is 10.1. The maximum atomic E-state index is 13.7. The third-order valence-corrected chi connectivity index (χ3v) is 7.82. The molecule has 2 aromatic heterocycles. The van der Waals surface area contributed by atoms with Gasteiger partial charge < -0.3 is 24.5 Å². The Morgan fingerprint density at radius 3 is 2.72 bits per heavy atom. The van der Waals surface area contributed by atoms with Gasteiger partial charge >= 0.3 is 6.09 Å². The third kappa shape index (κ3) is 6.23. The predicted octanol–water partition coefficient (Wildman–Crippen LogP) is 2.01. The van der Waals surface area contributed by atoms with Gasteiger partial charge in [-0.1, -0.05) is 0 Å². The quantitative estimate of drug-likeness (QED) is 0.439. The number of hydrogen-bond donors (Lipinski definition) is 2. The predicted molar refractivity (Wildman–Crippen MR) is 142 cm³/mol. The molecule has 3 heterocycles. The Hall–Kier alpha value is -3.49. The third-order valence-electron chi connectivity index (χ3n) is 5.96. The molecule has 0 spiro atoms. The molecule has 3 aromatic rings. The highest BCUT2D eigenvalue weighted by atomic mass is 32.2. The zero-order valence-corrected chi connectivity index (χ0v) is 23.7. The van der Waals surface area contributed by atoms with Gasteiger partial charge in [-0.3, -0.25) is 4.79 Å². The van der Waals surface area contributed by atoms with Gasteiger partial charge in [0.05, 0.1) is 35.5 Å². The summed E-state index contributed by atoms with van der Waals surface area (Å²) in [6.07, 6.45) is -1.17. The number of morpholine rings is 1. The molecule has 1 fully saturated rings. The first-order chi connectivity index (χ1) is 18.3. The Morgan fingerprint density at radius 2 is 2.03 bits per heavy atom. The monoisotopic (exact) mass is 562 g/mol. The van der Waals surface area contributed by atoms with Gasteiger partial charge in [0.1, 0.15) is 17.2 Å². The van der Waals surface area contributed by atoms with Crippen LogP contribution in [0.25, 0.3) is 16.9 Å². The summed E-state index contributed by atoms with van der Waals surface area (Å²) in [6.45, 7) is 11.3. The van der Waals surface area contributed by atoms with Crippen LogP contribution in [-0.2, 0) is 19.5 Å². The summed E-state index contributed by atoms with van der Waals surface area (Å²) in [7, 11) is -3.97. The van der Waals surface area contributed by atoms with E-state index in [1.165, 1.54) is 21.0 Å². The second-order valence-corrected chi connectivity index (χ2v) is 12.1. The molecular weight excluding hydrogens is 528 g/mol. The number of sulfonamides is 1. The molecule has 13 nitrogen and oxygen atoms in total. The van der Waals surface area contributed by atoms with Gasteiger partial charge in [0.2, 0.25) is 10.0 Å². The molecule has 1 aromatic carbocycles. The first-order valence-electron chi connectivity index (χ1n) is 12.6. The van der Waals surface area contributed by atoms with E-state index in [9.17, 15) is 18.0 Å². The van der Waals surface area contributed by atoms with Crippen molar-refractivity contribution in [2.75, 3.05) is 32.8 Å². The van der Waals surface area contributed by atoms with Gasteiger partial charge in [0, 0.05) is 19.6 Å². The Kier molecular flexibility index (Phi) is 8.00. The van der Waals surface area contributed by atoms with Crippen molar-refractivity contribution in [2.45, 2.75) is 58.1 Å². The number of aryl methyl sites for hydroxylation is 2. The molecule has 1 aliphatic heterocycles. The molecule has 212 valence electrons. The van der Waals surface area contributed by atoms with Gasteiger partial charge in [0.25, 0.3) is 5.56 Å². The van der Waals surface area contributed by atoms with E-state index in [0.29, 0.717) is 35.0 Å². The van der Waals surface area contributed by atoms with Crippen molar-refractivity contribution in [1.29, 1.82) is 0 Å². The Morgan fingerprint density at radius 1 is 1.28 bits per heavy atom. The largest absolute Gasteiger partial charge is 0.493 e. The number of hydrogen-bond acceptors (Lipinski definition) is 9. The van der Waals surface area contributed by atoms with E-state index in [-0.39, 0.29) is 37.0 Å². The van der Waals surface area contributed by atoms with E-state index in [0.717, 1.165) is 0 Å². The van der Waals surface area contributed by atoms with Crippen LogP contribution < -0.4 is 15.6 Å². The number of fused-ring (bicyclic) bond motifs is 1. The van der Waals surface area contributed by atoms with E-state index in [4.69, 9.17) is 14.2 Å². The number of rotatable bonds is 7. The van der Waals surface area contributed by atoms with Crippen molar-refractivity contribution in [3.8, 4) is 17.1 Å². The zero-order valence-electron chi connectivity index (χ0n) is 22.9. The molecule has 14 heteroatoms. The minimum atomic E-state index is -3.97. The zero-order chi connectivity index (χ0) is 28.5. The summed E-state index contributed by atoms with van der Waals surface area (Å²) >= 11 is 0. The lowest BCUT2D eigenvalue weighted by molar-refractivity contribution is -0.00357. The Balaban J connectivity index is 1.63. The van der Waals surface area contributed by atoms with E-state index >= 15 is 0 Å². The standard InChI is InChI=1S/C25H34N6O7S/c1-7-36-20-9-8-18(12-19(20)22-28-23(32)21-15(2)27-16(3)31(21)29-22)39(34,35)30-10-11-37-17(14-30)13-26-24(33)38-25(4,5)6/h8-9,12,17H,7,10-11,13-14H2,1-6H3,(H,26,33)(H,28,29,32). The van der Waals surface area contributed by atoms with Crippen molar-refractivity contribution in [3.63, 3.8) is 0 Å². The fourth-order valence-corrected chi connectivity index (χ4v) is 5.77. The number of carbonyl (C=O) groups excluding carboxylic acids is 1. The fraction of sp³-hybridized carbons (Fsp3) is 0.520. The fourth-order valence-electron chi connectivity index (χ4n) is 4.28. The lowest BCUT2D eigenvalue weighted by Crippen LogP contribution is -2.49. The van der Waals surface area contributed by atoms with Crippen LogP contribution in [0.5, 0.6) is 5.75 Å². The lowest BCUT2D eigenvalue weighted by atomic mass is 10.2. The minimum Gasteiger partial charge on any atom is -0.493 e. The average molecular weight is 563 g/mol. The number of aromatic amines is 1. The summed E-state index contributed by atoms with van der Waals surface area (Å²) in [5, 5.41) is 7.15. The van der Waals surface area contributed by atoms with Gasteiger partial charge in [-0.15, -0.1) is 5.10 Å². The van der Waals surface area contributed by atoms with Crippen LogP contribution in [0, 0.1) is 13.8 Å². The smallest absolute Gasteiger partial charge is 0.407 e. The number of ether oxygens (including phenoxy) is 3. The topological polar surface area (TPSA) is 157 Å². The normalized spacial score (nSPS) is 16.8. The molecule has 1 amide bonds. The van der Waals surface area contributed by atoms with Gasteiger partial charge in [-0.25, -0.2) is 22.7 Å². The summed E-state index contributed by atoms with van der Waals surface area (Å²) < 4.78 is 46.7. The minimum absolute atomic E-state index is 0.00276. The highest BCUT2D eigenvalue weighted by Crippen LogP contribution is 2.31. The second kappa shape index (κ2) is 10.9. The maximum Gasteiger partial charge on any atom is 0.407 e. The number of aromatic nitrogens is 4. The lowest BCUT2D eigenvalue weighted by Gasteiger charge is -2.32. The van der Waals surface area contributed by atoms with E-state index < -0.39 is 33.4 Å². The summed E-state index contributed by atoms with van der Waals surface area (Å²) in [5.41, 5.74) is 0.119. The van der Waals surface area contributed by atoms with Crippen LogP contribution in [0.3, 0.4) is 0 Å². The van der Waals surface area contributed by atoms with Gasteiger partial charge in [-0.05, 0) is 59.7 Å². The molecule has 1 unspecified atom stereocenters. The Bertz CT molecular complexity index is 1540. The molecule has 0 radical (unpaired) electrons.